The van der Waals surface area contributed by atoms with Gasteiger partial charge in [0.15, 0.2) is 17.3 Å². The zero-order chi connectivity index (χ0) is 28.1. The lowest BCUT2D eigenvalue weighted by Crippen LogP contribution is -2.38. The molecule has 1 fully saturated rings. The van der Waals surface area contributed by atoms with Gasteiger partial charge in [-0.15, -0.1) is 0 Å². The van der Waals surface area contributed by atoms with Crippen molar-refractivity contribution >= 4 is 23.1 Å². The molecule has 0 spiro atoms. The maximum Gasteiger partial charge on any atom is 0.295 e. The van der Waals surface area contributed by atoms with Crippen molar-refractivity contribution in [1.82, 2.24) is 19.2 Å². The molecule has 3 aromatic rings. The van der Waals surface area contributed by atoms with Gasteiger partial charge in [-0.05, 0) is 63.2 Å². The average molecular weight is 535 g/mol. The van der Waals surface area contributed by atoms with E-state index in [1.807, 2.05) is 44.2 Å². The fraction of sp³-hybridized carbons (Fsp3) is 0.433. The molecule has 1 atom stereocenters. The van der Waals surface area contributed by atoms with E-state index in [1.54, 1.807) is 28.5 Å². The molecule has 9 nitrogen and oxygen atoms in total. The minimum atomic E-state index is -0.798. The number of ether oxygens (including phenoxy) is 2. The maximum atomic E-state index is 13.6. The number of benzene rings is 1. The Balaban J connectivity index is 1.89. The molecule has 0 bridgehead atoms. The summed E-state index contributed by atoms with van der Waals surface area (Å²) in [4.78, 5) is 35.3. The molecule has 0 aliphatic carbocycles. The molecule has 9 heteroatoms. The minimum Gasteiger partial charge on any atom is -0.505 e. The number of fused-ring (bicyclic) bond motifs is 1. The topological polar surface area (TPSA) is 96.6 Å². The van der Waals surface area contributed by atoms with Crippen LogP contribution in [-0.2, 0) is 9.59 Å². The number of aromatic nitrogens is 2. The Hall–Kier alpha value is -3.85. The molecule has 1 unspecified atom stereocenters. The van der Waals surface area contributed by atoms with E-state index in [-0.39, 0.29) is 11.3 Å². The van der Waals surface area contributed by atoms with Gasteiger partial charge in [0.05, 0.1) is 30.5 Å². The van der Waals surface area contributed by atoms with Crippen LogP contribution in [0.4, 0.5) is 0 Å². The van der Waals surface area contributed by atoms with Gasteiger partial charge in [0.1, 0.15) is 11.3 Å². The Morgan fingerprint density at radius 2 is 1.82 bits per heavy atom. The fourth-order valence-corrected chi connectivity index (χ4v) is 5.07. The number of hydrogen-bond donors (Lipinski definition) is 1. The molecule has 1 aromatic carbocycles. The number of imidazole rings is 1. The second kappa shape index (κ2) is 12.3. The third-order valence-electron chi connectivity index (χ3n) is 7.07. The highest BCUT2D eigenvalue weighted by Crippen LogP contribution is 2.42. The number of carbonyl (C=O) groups excluding carboxylic acids is 2. The van der Waals surface area contributed by atoms with E-state index in [2.05, 4.69) is 23.7 Å². The summed E-state index contributed by atoms with van der Waals surface area (Å²) >= 11 is 0. The number of aryl methyl sites for hydroxylation is 1. The molecular formula is C30H38N4O5. The van der Waals surface area contributed by atoms with Crippen LogP contribution in [0.3, 0.4) is 0 Å². The van der Waals surface area contributed by atoms with Crippen molar-refractivity contribution < 1.29 is 24.2 Å². The predicted octanol–water partition coefficient (Wildman–Crippen LogP) is 4.59. The Morgan fingerprint density at radius 3 is 2.51 bits per heavy atom. The van der Waals surface area contributed by atoms with E-state index in [1.165, 1.54) is 0 Å². The Bertz CT molecular complexity index is 1370. The van der Waals surface area contributed by atoms with Gasteiger partial charge in [0.25, 0.3) is 11.7 Å². The van der Waals surface area contributed by atoms with Crippen LogP contribution in [0.25, 0.3) is 11.4 Å². The van der Waals surface area contributed by atoms with Crippen LogP contribution in [0, 0.1) is 6.92 Å². The quantitative estimate of drug-likeness (QED) is 0.206. The Labute approximate surface area is 229 Å². The number of ketones is 1. The van der Waals surface area contributed by atoms with Crippen LogP contribution in [-0.4, -0.2) is 75.4 Å². The molecule has 0 radical (unpaired) electrons. The summed E-state index contributed by atoms with van der Waals surface area (Å²) in [6, 6.07) is 10.2. The van der Waals surface area contributed by atoms with E-state index in [9.17, 15) is 14.7 Å². The molecule has 208 valence electrons. The van der Waals surface area contributed by atoms with Crippen LogP contribution in [0.15, 0.2) is 48.2 Å². The lowest BCUT2D eigenvalue weighted by Gasteiger charge is -2.28. The summed E-state index contributed by atoms with van der Waals surface area (Å²) in [6.45, 7) is 13.4. The second-order valence-electron chi connectivity index (χ2n) is 9.48. The van der Waals surface area contributed by atoms with E-state index in [4.69, 9.17) is 9.47 Å². The van der Waals surface area contributed by atoms with E-state index < -0.39 is 17.7 Å². The summed E-state index contributed by atoms with van der Waals surface area (Å²) in [7, 11) is 0. The van der Waals surface area contributed by atoms with Gasteiger partial charge in [-0.2, -0.15) is 0 Å². The van der Waals surface area contributed by atoms with Crippen LogP contribution in [0.2, 0.25) is 0 Å². The molecule has 1 N–H and O–H groups in total. The van der Waals surface area contributed by atoms with Crippen LogP contribution >= 0.6 is 0 Å². The molecular weight excluding hydrogens is 496 g/mol. The summed E-state index contributed by atoms with van der Waals surface area (Å²) in [5.74, 6) is -0.468. The molecule has 4 rings (SSSR count). The molecule has 3 heterocycles. The monoisotopic (exact) mass is 534 g/mol. The predicted molar refractivity (Wildman–Crippen MR) is 150 cm³/mol. The van der Waals surface area contributed by atoms with Gasteiger partial charge in [-0.3, -0.25) is 14.0 Å². The number of nitrogens with zero attached hydrogens (tertiary/aromatic N) is 4. The van der Waals surface area contributed by atoms with Gasteiger partial charge in [-0.1, -0.05) is 32.9 Å². The lowest BCUT2D eigenvalue weighted by atomic mass is 9.96. The number of pyridine rings is 1. The third kappa shape index (κ3) is 5.49. The van der Waals surface area contributed by atoms with E-state index in [0.717, 1.165) is 19.5 Å². The molecule has 1 aliphatic heterocycles. The molecule has 0 saturated carbocycles. The van der Waals surface area contributed by atoms with Gasteiger partial charge >= 0.3 is 0 Å². The first kappa shape index (κ1) is 28.2. The van der Waals surface area contributed by atoms with Crippen molar-refractivity contribution in [3.8, 4) is 11.5 Å². The van der Waals surface area contributed by atoms with Crippen molar-refractivity contribution in [3.05, 3.63) is 65.1 Å². The third-order valence-corrected chi connectivity index (χ3v) is 7.07. The first-order valence-corrected chi connectivity index (χ1v) is 13.7. The highest BCUT2D eigenvalue weighted by atomic mass is 16.5. The van der Waals surface area contributed by atoms with Gasteiger partial charge in [-0.25, -0.2) is 4.98 Å². The summed E-state index contributed by atoms with van der Waals surface area (Å²) < 4.78 is 13.5. The molecule has 2 aromatic heterocycles. The number of aliphatic hydroxyl groups excluding tert-OH is 1. The summed E-state index contributed by atoms with van der Waals surface area (Å²) in [5.41, 5.74) is 2.29. The van der Waals surface area contributed by atoms with E-state index >= 15 is 0 Å². The number of aliphatic hydroxyl groups is 1. The Morgan fingerprint density at radius 1 is 1.05 bits per heavy atom. The van der Waals surface area contributed by atoms with Gasteiger partial charge < -0.3 is 24.4 Å². The number of likely N-dealkylation sites (N-methyl/N-ethyl adjacent to an activating group) is 1. The van der Waals surface area contributed by atoms with Crippen molar-refractivity contribution in [2.75, 3.05) is 39.4 Å². The van der Waals surface area contributed by atoms with Crippen molar-refractivity contribution in [2.45, 2.75) is 47.1 Å². The standard InChI is InChI=1S/C30H38N4O5/c1-6-18-39-22-14-13-21(19-23(22)38-9-4)27-25(29(36)30(37)34(27)17-16-32(7-2)8-3)28(35)26-20(5)31-24-12-10-11-15-33(24)26/h10-15,19,27,35H,6-9,16-18H2,1-5H3/b28-25+. The van der Waals surface area contributed by atoms with Crippen LogP contribution < -0.4 is 9.47 Å². The lowest BCUT2D eigenvalue weighted by molar-refractivity contribution is -0.140. The number of likely N-dealkylation sites (tertiary alicyclic amines) is 1. The molecule has 1 saturated heterocycles. The number of carbonyl (C=O) groups is 2. The normalized spacial score (nSPS) is 17.0. The first-order valence-electron chi connectivity index (χ1n) is 13.7. The summed E-state index contributed by atoms with van der Waals surface area (Å²) in [6.07, 6.45) is 2.63. The highest BCUT2D eigenvalue weighted by Gasteiger charge is 2.46. The van der Waals surface area contributed by atoms with Gasteiger partial charge in [0.2, 0.25) is 0 Å². The average Bonchev–Trinajstić information content (AvgIpc) is 3.41. The zero-order valence-electron chi connectivity index (χ0n) is 23.4. The summed E-state index contributed by atoms with van der Waals surface area (Å²) in [5, 5.41) is 11.7. The van der Waals surface area contributed by atoms with E-state index in [0.29, 0.717) is 60.4 Å². The zero-order valence-corrected chi connectivity index (χ0v) is 23.4. The molecule has 1 amide bonds. The minimum absolute atomic E-state index is 0.0398. The highest BCUT2D eigenvalue weighted by molar-refractivity contribution is 6.46. The van der Waals surface area contributed by atoms with Crippen LogP contribution in [0.5, 0.6) is 11.5 Å². The Kier molecular flexibility index (Phi) is 8.91. The van der Waals surface area contributed by atoms with Gasteiger partial charge in [0, 0.05) is 19.3 Å². The largest absolute Gasteiger partial charge is 0.505 e. The van der Waals surface area contributed by atoms with Crippen molar-refractivity contribution in [1.29, 1.82) is 0 Å². The molecule has 1 aliphatic rings. The second-order valence-corrected chi connectivity index (χ2v) is 9.48. The maximum absolute atomic E-state index is 13.6. The first-order chi connectivity index (χ1) is 18.9. The fourth-order valence-electron chi connectivity index (χ4n) is 5.07. The van der Waals surface area contributed by atoms with Crippen molar-refractivity contribution in [2.24, 2.45) is 0 Å². The molecule has 39 heavy (non-hydrogen) atoms. The number of rotatable bonds is 12. The van der Waals surface area contributed by atoms with Crippen molar-refractivity contribution in [3.63, 3.8) is 0 Å². The number of hydrogen-bond acceptors (Lipinski definition) is 7. The number of amides is 1. The SMILES string of the molecule is CCCOc1ccc(C2/C(=C(\O)c3c(C)nc4ccccn34)C(=O)C(=O)N2CCN(CC)CC)cc1OCC. The van der Waals surface area contributed by atoms with Crippen LogP contribution in [0.1, 0.15) is 57.1 Å². The number of Topliss-reactive ketones (excluding diaryl/α,β-unsaturated/α-hetero) is 1. The smallest absolute Gasteiger partial charge is 0.295 e.